The molecule has 0 bridgehead atoms. The molecule has 0 unspecified atom stereocenters. The number of hydrogen-bond acceptors (Lipinski definition) is 5. The monoisotopic (exact) mass is 328 g/mol. The Morgan fingerprint density at radius 1 is 1.17 bits per heavy atom. The highest BCUT2D eigenvalue weighted by molar-refractivity contribution is 7.10. The van der Waals surface area contributed by atoms with E-state index in [4.69, 9.17) is 0 Å². The normalized spacial score (nSPS) is 17.4. The van der Waals surface area contributed by atoms with Crippen LogP contribution in [-0.4, -0.2) is 47.2 Å². The number of rotatable bonds is 3. The van der Waals surface area contributed by atoms with Crippen molar-refractivity contribution >= 4 is 23.1 Å². The Morgan fingerprint density at radius 2 is 2.04 bits per heavy atom. The first-order valence-corrected chi connectivity index (χ1v) is 9.08. The molecule has 3 heterocycles. The summed E-state index contributed by atoms with van der Waals surface area (Å²) in [7, 11) is 0. The zero-order valence-corrected chi connectivity index (χ0v) is 13.9. The molecule has 0 aromatic carbocycles. The van der Waals surface area contributed by atoms with Gasteiger partial charge in [-0.2, -0.15) is 5.10 Å². The number of aromatic nitrogens is 2. The number of carbonyl (C=O) groups is 1. The molecule has 1 aliphatic carbocycles. The van der Waals surface area contributed by atoms with E-state index in [1.807, 2.05) is 22.4 Å². The van der Waals surface area contributed by atoms with E-state index in [1.165, 1.54) is 17.7 Å². The van der Waals surface area contributed by atoms with Crippen LogP contribution >= 0.6 is 11.3 Å². The number of hydrogen-bond donors (Lipinski definition) is 0. The van der Waals surface area contributed by atoms with Crippen molar-refractivity contribution < 1.29 is 4.79 Å². The van der Waals surface area contributed by atoms with Gasteiger partial charge in [0.05, 0.1) is 12.1 Å². The quantitative estimate of drug-likeness (QED) is 0.864. The minimum atomic E-state index is 0.229. The summed E-state index contributed by atoms with van der Waals surface area (Å²) in [5.74, 6) is 1.20. The molecule has 1 aliphatic heterocycles. The lowest BCUT2D eigenvalue weighted by Gasteiger charge is -2.35. The van der Waals surface area contributed by atoms with Crippen LogP contribution in [0.5, 0.6) is 0 Å². The van der Waals surface area contributed by atoms with Crippen LogP contribution in [0.4, 0.5) is 5.82 Å². The molecule has 0 spiro atoms. The molecule has 0 radical (unpaired) electrons. The molecular weight excluding hydrogens is 308 g/mol. The zero-order valence-electron chi connectivity index (χ0n) is 13.1. The van der Waals surface area contributed by atoms with Gasteiger partial charge in [0.2, 0.25) is 5.91 Å². The predicted molar refractivity (Wildman–Crippen MR) is 90.9 cm³/mol. The second kappa shape index (κ2) is 6.28. The molecule has 2 aromatic rings. The highest BCUT2D eigenvalue weighted by Gasteiger charge is 2.23. The fourth-order valence-corrected chi connectivity index (χ4v) is 4.03. The highest BCUT2D eigenvalue weighted by atomic mass is 32.1. The van der Waals surface area contributed by atoms with Crippen LogP contribution in [-0.2, 0) is 24.1 Å². The molecule has 2 aromatic heterocycles. The lowest BCUT2D eigenvalue weighted by molar-refractivity contribution is -0.130. The largest absolute Gasteiger partial charge is 0.352 e. The Kier molecular flexibility index (Phi) is 3.99. The van der Waals surface area contributed by atoms with Crippen molar-refractivity contribution in [1.82, 2.24) is 15.1 Å². The molecule has 0 atom stereocenters. The van der Waals surface area contributed by atoms with Gasteiger partial charge in [0, 0.05) is 31.1 Å². The summed E-state index contributed by atoms with van der Waals surface area (Å²) < 4.78 is 0. The van der Waals surface area contributed by atoms with Gasteiger partial charge < -0.3 is 9.80 Å². The van der Waals surface area contributed by atoms with Gasteiger partial charge in [0.25, 0.3) is 0 Å². The third kappa shape index (κ3) is 3.08. The zero-order chi connectivity index (χ0) is 15.6. The molecule has 0 saturated carbocycles. The Morgan fingerprint density at radius 3 is 2.83 bits per heavy atom. The van der Waals surface area contributed by atoms with Crippen LogP contribution in [0.3, 0.4) is 0 Å². The van der Waals surface area contributed by atoms with E-state index in [0.717, 1.165) is 49.7 Å². The van der Waals surface area contributed by atoms with Crippen LogP contribution in [0.1, 0.15) is 22.6 Å². The molecule has 1 saturated heterocycles. The number of fused-ring (bicyclic) bond motifs is 1. The molecule has 1 fully saturated rings. The second-order valence-corrected chi connectivity index (χ2v) is 7.18. The predicted octanol–water partition coefficient (Wildman–Crippen LogP) is 1.92. The lowest BCUT2D eigenvalue weighted by Crippen LogP contribution is -2.49. The summed E-state index contributed by atoms with van der Waals surface area (Å²) in [4.78, 5) is 17.7. The highest BCUT2D eigenvalue weighted by Crippen LogP contribution is 2.23. The molecule has 6 heteroatoms. The molecule has 1 amide bonds. The van der Waals surface area contributed by atoms with Gasteiger partial charge in [0.1, 0.15) is 0 Å². The Bertz CT molecular complexity index is 693. The van der Waals surface area contributed by atoms with E-state index in [-0.39, 0.29) is 5.91 Å². The molecule has 4 rings (SSSR count). The number of amides is 1. The Hall–Kier alpha value is -1.95. The smallest absolute Gasteiger partial charge is 0.227 e. The van der Waals surface area contributed by atoms with Gasteiger partial charge in [-0.1, -0.05) is 6.07 Å². The lowest BCUT2D eigenvalue weighted by atomic mass is 10.2. The maximum absolute atomic E-state index is 12.3. The van der Waals surface area contributed by atoms with Crippen molar-refractivity contribution in [3.63, 3.8) is 0 Å². The standard InChI is InChI=1S/C17H20N4OS/c22-17(12-14-4-2-10-23-14)21-8-6-20(7-9-21)16-11-13-3-1-5-15(13)18-19-16/h2,4,10-11H,1,3,5-9,12H2. The van der Waals surface area contributed by atoms with Gasteiger partial charge in [0.15, 0.2) is 5.82 Å². The van der Waals surface area contributed by atoms with E-state index in [0.29, 0.717) is 6.42 Å². The van der Waals surface area contributed by atoms with Gasteiger partial charge >= 0.3 is 0 Å². The number of piperazine rings is 1. The topological polar surface area (TPSA) is 49.3 Å². The number of anilines is 1. The van der Waals surface area contributed by atoms with E-state index >= 15 is 0 Å². The molecule has 0 N–H and O–H groups in total. The minimum absolute atomic E-state index is 0.229. The Labute approximate surface area is 139 Å². The third-order valence-corrected chi connectivity index (χ3v) is 5.55. The number of carbonyl (C=O) groups excluding carboxylic acids is 1. The maximum atomic E-state index is 12.3. The van der Waals surface area contributed by atoms with E-state index < -0.39 is 0 Å². The van der Waals surface area contributed by atoms with Crippen molar-refractivity contribution in [3.05, 3.63) is 39.7 Å². The average molecular weight is 328 g/mol. The summed E-state index contributed by atoms with van der Waals surface area (Å²) in [6.07, 6.45) is 3.90. The minimum Gasteiger partial charge on any atom is -0.352 e. The molecule has 5 nitrogen and oxygen atoms in total. The van der Waals surface area contributed by atoms with Crippen LogP contribution in [0.2, 0.25) is 0 Å². The summed E-state index contributed by atoms with van der Waals surface area (Å²) in [6, 6.07) is 6.22. The van der Waals surface area contributed by atoms with Crippen LogP contribution < -0.4 is 4.90 Å². The maximum Gasteiger partial charge on any atom is 0.227 e. The summed E-state index contributed by atoms with van der Waals surface area (Å²) in [5, 5.41) is 10.8. The van der Waals surface area contributed by atoms with Crippen molar-refractivity contribution in [2.45, 2.75) is 25.7 Å². The molecular formula is C17H20N4OS. The molecule has 2 aliphatic rings. The van der Waals surface area contributed by atoms with Gasteiger partial charge in [-0.3, -0.25) is 4.79 Å². The molecule has 23 heavy (non-hydrogen) atoms. The van der Waals surface area contributed by atoms with Gasteiger partial charge in [-0.15, -0.1) is 16.4 Å². The van der Waals surface area contributed by atoms with Crippen molar-refractivity contribution in [2.75, 3.05) is 31.1 Å². The summed E-state index contributed by atoms with van der Waals surface area (Å²) in [6.45, 7) is 3.21. The summed E-state index contributed by atoms with van der Waals surface area (Å²) in [5.41, 5.74) is 2.52. The summed E-state index contributed by atoms with van der Waals surface area (Å²) >= 11 is 1.65. The van der Waals surface area contributed by atoms with E-state index in [2.05, 4.69) is 21.2 Å². The van der Waals surface area contributed by atoms with Crippen molar-refractivity contribution in [2.24, 2.45) is 0 Å². The van der Waals surface area contributed by atoms with E-state index in [1.54, 1.807) is 11.3 Å². The van der Waals surface area contributed by atoms with Crippen LogP contribution in [0.15, 0.2) is 23.6 Å². The fourth-order valence-electron chi connectivity index (χ4n) is 3.33. The number of nitrogens with zero attached hydrogens (tertiary/aromatic N) is 4. The first-order valence-electron chi connectivity index (χ1n) is 8.20. The Balaban J connectivity index is 1.36. The molecule has 120 valence electrons. The van der Waals surface area contributed by atoms with E-state index in [9.17, 15) is 4.79 Å². The third-order valence-electron chi connectivity index (χ3n) is 4.67. The number of aryl methyl sites for hydroxylation is 2. The van der Waals surface area contributed by atoms with Crippen molar-refractivity contribution in [3.8, 4) is 0 Å². The second-order valence-electron chi connectivity index (χ2n) is 6.15. The fraction of sp³-hybridized carbons (Fsp3) is 0.471. The van der Waals surface area contributed by atoms with Crippen LogP contribution in [0, 0.1) is 0 Å². The first-order chi connectivity index (χ1) is 11.3. The first kappa shape index (κ1) is 14.6. The van der Waals surface area contributed by atoms with Crippen LogP contribution in [0.25, 0.3) is 0 Å². The van der Waals surface area contributed by atoms with Gasteiger partial charge in [-0.05, 0) is 42.3 Å². The van der Waals surface area contributed by atoms with Crippen molar-refractivity contribution in [1.29, 1.82) is 0 Å². The SMILES string of the molecule is O=C(Cc1cccs1)N1CCN(c2cc3c(nn2)CCC3)CC1. The number of thiophene rings is 1. The average Bonchev–Trinajstić information content (AvgIpc) is 3.25. The van der Waals surface area contributed by atoms with Gasteiger partial charge in [-0.25, -0.2) is 0 Å².